The molecule has 0 amide bonds. The molecule has 0 fully saturated rings. The molecule has 0 aromatic heterocycles. The average Bonchev–Trinajstić information content (AvgIpc) is 3.48. The number of hydrogen-bond acceptors (Lipinski definition) is 3. The van der Waals surface area contributed by atoms with Crippen LogP contribution in [0.5, 0.6) is 5.75 Å². The van der Waals surface area contributed by atoms with E-state index in [4.69, 9.17) is 15.3 Å². The Kier molecular flexibility index (Phi) is 11.4. The van der Waals surface area contributed by atoms with Crippen molar-refractivity contribution in [3.63, 3.8) is 0 Å². The summed E-state index contributed by atoms with van der Waals surface area (Å²) in [5, 5.41) is 25.6. The summed E-state index contributed by atoms with van der Waals surface area (Å²) in [5.41, 5.74) is -0.0372. The molecule has 29 heavy (non-hydrogen) atoms. The van der Waals surface area contributed by atoms with E-state index in [9.17, 15) is 9.59 Å². The summed E-state index contributed by atoms with van der Waals surface area (Å²) >= 11 is 0. The number of carbonyl (C=O) groups is 2. The quantitative estimate of drug-likeness (QED) is 0.629. The molecule has 2 aromatic carbocycles. The zero-order chi connectivity index (χ0) is 21.3. The van der Waals surface area contributed by atoms with E-state index in [2.05, 4.69) is 48.6 Å². The van der Waals surface area contributed by atoms with Crippen LogP contribution in [0.1, 0.15) is 33.6 Å². The van der Waals surface area contributed by atoms with Crippen LogP contribution in [-0.4, -0.2) is 27.3 Å². The molecule has 0 aliphatic heterocycles. The van der Waals surface area contributed by atoms with E-state index in [-0.39, 0.29) is 11.1 Å². The lowest BCUT2D eigenvalue weighted by molar-refractivity contribution is 0.0696. The number of phenols is 1. The lowest BCUT2D eigenvalue weighted by Gasteiger charge is -1.95. The molecule has 5 nitrogen and oxygen atoms in total. The fraction of sp³-hybridized carbons (Fsp3) is 0.0833. The Morgan fingerprint density at radius 3 is 1.28 bits per heavy atom. The highest BCUT2D eigenvalue weighted by molar-refractivity contribution is 5.93. The maximum atomic E-state index is 10.4. The van der Waals surface area contributed by atoms with Crippen LogP contribution in [0.25, 0.3) is 0 Å². The number of carboxylic acids is 2. The first-order chi connectivity index (χ1) is 14.0. The Labute approximate surface area is 170 Å². The van der Waals surface area contributed by atoms with Gasteiger partial charge in [-0.15, -0.1) is 0 Å². The molecule has 0 heterocycles. The highest BCUT2D eigenvalue weighted by Gasteiger charge is 2.06. The molecule has 2 aliphatic carbocycles. The number of rotatable bonds is 2. The number of benzene rings is 2. The molecule has 0 radical (unpaired) electrons. The van der Waals surface area contributed by atoms with E-state index in [1.807, 2.05) is 6.07 Å². The van der Waals surface area contributed by atoms with Crippen molar-refractivity contribution in [2.45, 2.75) is 12.8 Å². The Hall–Kier alpha value is -3.86. The predicted octanol–water partition coefficient (Wildman–Crippen LogP) is 5.48. The first kappa shape index (κ1) is 23.2. The van der Waals surface area contributed by atoms with Crippen molar-refractivity contribution < 1.29 is 24.9 Å². The van der Waals surface area contributed by atoms with Gasteiger partial charge in [-0.3, -0.25) is 0 Å². The van der Waals surface area contributed by atoms with Gasteiger partial charge in [0.25, 0.3) is 0 Å². The van der Waals surface area contributed by atoms with Crippen LogP contribution in [0.4, 0.5) is 0 Å². The number of para-hydroxylation sites is 1. The van der Waals surface area contributed by atoms with Crippen LogP contribution in [0.15, 0.2) is 103 Å². The van der Waals surface area contributed by atoms with Crippen molar-refractivity contribution in [1.29, 1.82) is 0 Å². The first-order valence-electron chi connectivity index (χ1n) is 8.94. The van der Waals surface area contributed by atoms with Gasteiger partial charge in [0.2, 0.25) is 0 Å². The Morgan fingerprint density at radius 1 is 0.621 bits per heavy atom. The van der Waals surface area contributed by atoms with Crippen LogP contribution in [0.3, 0.4) is 0 Å². The largest absolute Gasteiger partial charge is 0.508 e. The van der Waals surface area contributed by atoms with Crippen LogP contribution in [0, 0.1) is 0 Å². The smallest absolute Gasteiger partial charge is 0.335 e. The number of aromatic hydroxyl groups is 1. The van der Waals surface area contributed by atoms with Gasteiger partial charge in [0.05, 0.1) is 11.1 Å². The maximum absolute atomic E-state index is 10.4. The Bertz CT molecular complexity index is 806. The summed E-state index contributed by atoms with van der Waals surface area (Å²) in [4.78, 5) is 20.8. The van der Waals surface area contributed by atoms with E-state index in [1.165, 1.54) is 18.2 Å². The molecule has 3 N–H and O–H groups in total. The molecule has 0 bridgehead atoms. The lowest BCUT2D eigenvalue weighted by atomic mass is 10.1. The van der Waals surface area contributed by atoms with Crippen molar-refractivity contribution in [3.05, 3.63) is 114 Å². The number of carboxylic acid groups (broad SMARTS) is 2. The van der Waals surface area contributed by atoms with Crippen molar-refractivity contribution in [1.82, 2.24) is 0 Å². The minimum atomic E-state index is -1.13. The molecule has 0 saturated carbocycles. The SMILES string of the molecule is C1=CCC=C1.C1=CCC=C1.O=C(O)c1cccc(C(=O)O)c1.Oc1ccccc1. The number of aromatic carboxylic acids is 2. The normalized spacial score (nSPS) is 12.0. The van der Waals surface area contributed by atoms with Gasteiger partial charge >= 0.3 is 11.9 Å². The Morgan fingerprint density at radius 2 is 1.03 bits per heavy atom. The molecular formula is C24H24O5. The monoisotopic (exact) mass is 392 g/mol. The van der Waals surface area contributed by atoms with Crippen LogP contribution < -0.4 is 0 Å². The van der Waals surface area contributed by atoms with Gasteiger partial charge in [-0.05, 0) is 43.2 Å². The predicted molar refractivity (Wildman–Crippen MR) is 114 cm³/mol. The second-order valence-corrected chi connectivity index (χ2v) is 5.71. The number of allylic oxidation sites excluding steroid dienone is 8. The third kappa shape index (κ3) is 11.5. The number of phenolic OH excluding ortho intramolecular Hbond substituents is 1. The van der Waals surface area contributed by atoms with Gasteiger partial charge in [0.15, 0.2) is 0 Å². The molecule has 5 heteroatoms. The minimum absolute atomic E-state index is 0.0186. The summed E-state index contributed by atoms with van der Waals surface area (Å²) in [7, 11) is 0. The maximum Gasteiger partial charge on any atom is 0.335 e. The standard InChI is InChI=1S/C8H6O4.C6H6O.2C5H6/c9-7(10)5-2-1-3-6(4-5)8(11)12;7-6-4-2-1-3-5-6;2*1-2-4-5-3-1/h1-4H,(H,9,10)(H,11,12);1-5,7H;2*1-4H,5H2. The van der Waals surface area contributed by atoms with Gasteiger partial charge in [-0.25, -0.2) is 9.59 Å². The van der Waals surface area contributed by atoms with Crippen LogP contribution >= 0.6 is 0 Å². The Balaban J connectivity index is 0.000000209. The minimum Gasteiger partial charge on any atom is -0.508 e. The van der Waals surface area contributed by atoms with E-state index < -0.39 is 11.9 Å². The lowest BCUT2D eigenvalue weighted by Crippen LogP contribution is -2.01. The molecule has 2 aromatic rings. The highest BCUT2D eigenvalue weighted by atomic mass is 16.4. The summed E-state index contributed by atoms with van der Waals surface area (Å²) in [6.45, 7) is 0. The van der Waals surface area contributed by atoms with E-state index in [1.54, 1.807) is 24.3 Å². The average molecular weight is 392 g/mol. The second-order valence-electron chi connectivity index (χ2n) is 5.71. The molecular weight excluding hydrogens is 368 g/mol. The summed E-state index contributed by atoms with van der Waals surface area (Å²) < 4.78 is 0. The fourth-order valence-corrected chi connectivity index (χ4v) is 2.00. The van der Waals surface area contributed by atoms with E-state index in [0.717, 1.165) is 18.9 Å². The number of hydrogen-bond donors (Lipinski definition) is 3. The van der Waals surface area contributed by atoms with Crippen molar-refractivity contribution in [2.75, 3.05) is 0 Å². The van der Waals surface area contributed by atoms with Gasteiger partial charge in [-0.2, -0.15) is 0 Å². The molecule has 4 rings (SSSR count). The molecule has 0 spiro atoms. The van der Waals surface area contributed by atoms with Gasteiger partial charge in [0.1, 0.15) is 5.75 Å². The second kappa shape index (κ2) is 14.2. The zero-order valence-electron chi connectivity index (χ0n) is 15.9. The third-order valence-corrected chi connectivity index (χ3v) is 3.42. The highest BCUT2D eigenvalue weighted by Crippen LogP contribution is 2.05. The van der Waals surface area contributed by atoms with E-state index in [0.29, 0.717) is 5.75 Å². The van der Waals surface area contributed by atoms with Crippen molar-refractivity contribution in [3.8, 4) is 5.75 Å². The summed E-state index contributed by atoms with van der Waals surface area (Å²) in [6.07, 6.45) is 19.0. The zero-order valence-corrected chi connectivity index (χ0v) is 15.9. The van der Waals surface area contributed by atoms with Crippen LogP contribution in [-0.2, 0) is 0 Å². The van der Waals surface area contributed by atoms with Crippen molar-refractivity contribution >= 4 is 11.9 Å². The van der Waals surface area contributed by atoms with Gasteiger partial charge in [0, 0.05) is 0 Å². The van der Waals surface area contributed by atoms with Gasteiger partial charge < -0.3 is 15.3 Å². The first-order valence-corrected chi connectivity index (χ1v) is 8.94. The summed E-state index contributed by atoms with van der Waals surface area (Å²) in [6, 6.07) is 13.9. The van der Waals surface area contributed by atoms with Crippen LogP contribution in [0.2, 0.25) is 0 Å². The molecule has 2 aliphatic rings. The third-order valence-electron chi connectivity index (χ3n) is 3.42. The van der Waals surface area contributed by atoms with Gasteiger partial charge in [-0.1, -0.05) is 72.9 Å². The molecule has 0 atom stereocenters. The molecule has 150 valence electrons. The fourth-order valence-electron chi connectivity index (χ4n) is 2.00. The summed E-state index contributed by atoms with van der Waals surface area (Å²) in [5.74, 6) is -1.93. The van der Waals surface area contributed by atoms with E-state index >= 15 is 0 Å². The molecule has 0 unspecified atom stereocenters. The topological polar surface area (TPSA) is 94.8 Å². The molecule has 0 saturated heterocycles. The van der Waals surface area contributed by atoms with Crippen molar-refractivity contribution in [2.24, 2.45) is 0 Å².